The van der Waals surface area contributed by atoms with E-state index in [1.165, 1.54) is 38.5 Å². The Kier molecular flexibility index (Phi) is 18.5. The molecule has 352 valence electrons. The van der Waals surface area contributed by atoms with Crippen molar-refractivity contribution >= 4 is 11.9 Å². The van der Waals surface area contributed by atoms with Crippen molar-refractivity contribution < 1.29 is 24.2 Å². The normalized spacial score (nSPS) is 30.8. The van der Waals surface area contributed by atoms with Crippen LogP contribution in [0.5, 0.6) is 5.75 Å². The third-order valence-corrected chi connectivity index (χ3v) is 16.2. The minimum Gasteiger partial charge on any atom is -0.507 e. The number of ether oxygens (including phenoxy) is 2. The number of rotatable bonds is 21. The van der Waals surface area contributed by atoms with Crippen LogP contribution in [-0.2, 0) is 36.3 Å². The van der Waals surface area contributed by atoms with Crippen molar-refractivity contribution in [3.05, 3.63) is 28.8 Å². The number of piperidine rings is 2. The lowest BCUT2D eigenvalue weighted by Gasteiger charge is -2.53. The number of hydrogen-bond donors (Lipinski definition) is 3. The van der Waals surface area contributed by atoms with Gasteiger partial charge in [-0.25, -0.2) is 0 Å². The zero-order valence-corrected chi connectivity index (χ0v) is 42.8. The number of aromatic hydroxyl groups is 1. The van der Waals surface area contributed by atoms with E-state index in [1.807, 2.05) is 12.1 Å². The minimum atomic E-state index is -1.58. The Morgan fingerprint density at radius 2 is 0.984 bits per heavy atom. The number of esters is 2. The van der Waals surface area contributed by atoms with Crippen LogP contribution in [0.4, 0.5) is 0 Å². The van der Waals surface area contributed by atoms with Crippen molar-refractivity contribution in [1.82, 2.24) is 10.6 Å². The molecule has 1 aromatic carbocycles. The fraction of sp³-hybridized carbons (Fsp3) is 0.852. The first-order chi connectivity index (χ1) is 28.2. The summed E-state index contributed by atoms with van der Waals surface area (Å²) < 4.78 is 13.8. The Balaban J connectivity index is 2.23. The first kappa shape index (κ1) is 53.2. The highest BCUT2D eigenvalue weighted by Gasteiger charge is 2.55. The molecule has 2 heterocycles. The van der Waals surface area contributed by atoms with Crippen molar-refractivity contribution in [2.75, 3.05) is 0 Å². The van der Waals surface area contributed by atoms with E-state index < -0.39 is 17.4 Å². The highest BCUT2D eigenvalue weighted by molar-refractivity contribution is 6.00. The van der Waals surface area contributed by atoms with Crippen molar-refractivity contribution in [2.45, 2.75) is 278 Å². The van der Waals surface area contributed by atoms with Gasteiger partial charge in [0.15, 0.2) is 5.41 Å². The first-order valence-electron chi connectivity index (χ1n) is 25.1. The predicted molar refractivity (Wildman–Crippen MR) is 256 cm³/mol. The van der Waals surface area contributed by atoms with E-state index in [4.69, 9.17) is 9.47 Å². The van der Waals surface area contributed by atoms with Gasteiger partial charge < -0.3 is 25.2 Å². The molecule has 7 heteroatoms. The molecule has 7 nitrogen and oxygen atoms in total. The fourth-order valence-corrected chi connectivity index (χ4v) is 10.6. The molecule has 0 aliphatic carbocycles. The van der Waals surface area contributed by atoms with Crippen LogP contribution in [0.1, 0.15) is 244 Å². The lowest BCUT2D eigenvalue weighted by Crippen LogP contribution is -2.67. The smallest absolute Gasteiger partial charge is 0.324 e. The highest BCUT2D eigenvalue weighted by atomic mass is 16.6. The second-order valence-corrected chi connectivity index (χ2v) is 23.2. The molecule has 1 aromatic rings. The average Bonchev–Trinajstić information content (AvgIpc) is 3.18. The standard InChI is InChI=1S/C54H96N2O5/c1-18-23-24-25-26-27-28-29-30-31-32-54(35-40-33-41(48(8,9)10)45(57)42(34-40)49(11,12)13,46(58)60-43-36-50(14,19-2)55-52(16,21-4)38(43)6)47(59)61-44-37-51(15,20-3)56-53(17,22-5)39(44)7/h33-34,38-39,43-44,55-57H,18-32,35-37H2,1-17H3. The van der Waals surface area contributed by atoms with Gasteiger partial charge in [0.05, 0.1) is 0 Å². The van der Waals surface area contributed by atoms with Crippen molar-refractivity contribution in [3.8, 4) is 5.75 Å². The monoisotopic (exact) mass is 853 g/mol. The van der Waals surface area contributed by atoms with E-state index in [-0.39, 0.29) is 69.2 Å². The molecule has 3 rings (SSSR count). The summed E-state index contributed by atoms with van der Waals surface area (Å²) in [5.41, 5.74) is -0.757. The maximum absolute atomic E-state index is 15.7. The number of benzene rings is 1. The fourth-order valence-electron chi connectivity index (χ4n) is 10.6. The van der Waals surface area contributed by atoms with Crippen LogP contribution >= 0.6 is 0 Å². The Hall–Kier alpha value is -2.12. The summed E-state index contributed by atoms with van der Waals surface area (Å²) in [5.74, 6) is -0.562. The number of carbonyl (C=O) groups is 2. The summed E-state index contributed by atoms with van der Waals surface area (Å²) >= 11 is 0. The van der Waals surface area contributed by atoms with Gasteiger partial charge in [-0.05, 0) is 93.7 Å². The van der Waals surface area contributed by atoms with Gasteiger partial charge in [0, 0.05) is 46.8 Å². The topological polar surface area (TPSA) is 96.9 Å². The Morgan fingerprint density at radius 3 is 1.31 bits per heavy atom. The lowest BCUT2D eigenvalue weighted by atomic mass is 9.69. The number of phenols is 1. The lowest BCUT2D eigenvalue weighted by molar-refractivity contribution is -0.189. The molecule has 8 atom stereocenters. The molecule has 0 radical (unpaired) electrons. The number of nitrogens with one attached hydrogen (secondary N) is 2. The van der Waals surface area contributed by atoms with Crippen LogP contribution in [0.25, 0.3) is 0 Å². The number of phenolic OH excluding ortho intramolecular Hbond substituents is 1. The van der Waals surface area contributed by atoms with Crippen LogP contribution in [0.3, 0.4) is 0 Å². The molecule has 0 saturated carbocycles. The molecule has 0 bridgehead atoms. The maximum atomic E-state index is 15.7. The van der Waals surface area contributed by atoms with E-state index in [0.717, 1.165) is 68.1 Å². The highest BCUT2D eigenvalue weighted by Crippen LogP contribution is 2.46. The predicted octanol–water partition coefficient (Wildman–Crippen LogP) is 13.6. The van der Waals surface area contributed by atoms with Crippen LogP contribution in [0.2, 0.25) is 0 Å². The van der Waals surface area contributed by atoms with Crippen molar-refractivity contribution in [2.24, 2.45) is 17.3 Å². The second kappa shape index (κ2) is 21.2. The van der Waals surface area contributed by atoms with Gasteiger partial charge >= 0.3 is 11.9 Å². The number of carbonyl (C=O) groups excluding carboxylic acids is 2. The van der Waals surface area contributed by atoms with Crippen LogP contribution in [0, 0.1) is 17.3 Å². The van der Waals surface area contributed by atoms with Gasteiger partial charge in [0.2, 0.25) is 0 Å². The summed E-state index contributed by atoms with van der Waals surface area (Å²) in [4.78, 5) is 31.5. The third-order valence-electron chi connectivity index (χ3n) is 16.2. The summed E-state index contributed by atoms with van der Waals surface area (Å²) in [6.07, 6.45) is 16.2. The van der Waals surface area contributed by atoms with E-state index >= 15 is 9.59 Å². The van der Waals surface area contributed by atoms with E-state index in [2.05, 4.69) is 128 Å². The summed E-state index contributed by atoms with van der Waals surface area (Å²) in [6.45, 7) is 37.1. The van der Waals surface area contributed by atoms with E-state index in [1.54, 1.807) is 0 Å². The van der Waals surface area contributed by atoms with Crippen LogP contribution < -0.4 is 10.6 Å². The van der Waals surface area contributed by atoms with Crippen molar-refractivity contribution in [3.63, 3.8) is 0 Å². The largest absolute Gasteiger partial charge is 0.507 e. The van der Waals surface area contributed by atoms with Gasteiger partial charge in [0.25, 0.3) is 0 Å². The molecular weight excluding hydrogens is 757 g/mol. The SMILES string of the molecule is CCCCCCCCCCCCC(Cc1cc(C(C)(C)C)c(O)c(C(C)(C)C)c1)(C(=O)OC1CC(C)(CC)NC(C)(CC)C1C)C(=O)OC1CC(C)(CC)NC(C)(CC)C1C. The average molecular weight is 853 g/mol. The summed E-state index contributed by atoms with van der Waals surface area (Å²) in [5, 5.41) is 19.7. The molecule has 2 saturated heterocycles. The quantitative estimate of drug-likeness (QED) is 0.0644. The Morgan fingerprint density at radius 1 is 0.623 bits per heavy atom. The van der Waals surface area contributed by atoms with Gasteiger partial charge in [-0.2, -0.15) is 0 Å². The zero-order valence-electron chi connectivity index (χ0n) is 42.8. The molecule has 61 heavy (non-hydrogen) atoms. The van der Waals surface area contributed by atoms with Gasteiger partial charge in [0.1, 0.15) is 18.0 Å². The van der Waals surface area contributed by atoms with Gasteiger partial charge in [-0.1, -0.05) is 166 Å². The molecule has 0 aromatic heterocycles. The molecule has 2 fully saturated rings. The van der Waals surface area contributed by atoms with Crippen LogP contribution in [0.15, 0.2) is 12.1 Å². The number of unbranched alkanes of at least 4 members (excludes halogenated alkanes) is 9. The van der Waals surface area contributed by atoms with Gasteiger partial charge in [-0.3, -0.25) is 9.59 Å². The van der Waals surface area contributed by atoms with Crippen molar-refractivity contribution in [1.29, 1.82) is 0 Å². The summed E-state index contributed by atoms with van der Waals surface area (Å²) in [6, 6.07) is 4.09. The zero-order chi connectivity index (χ0) is 46.2. The third kappa shape index (κ3) is 13.0. The molecule has 2 aliphatic rings. The van der Waals surface area contributed by atoms with Gasteiger partial charge in [-0.15, -0.1) is 0 Å². The first-order valence-corrected chi connectivity index (χ1v) is 25.1. The molecular formula is C54H96N2O5. The molecule has 0 amide bonds. The van der Waals surface area contributed by atoms with E-state index in [9.17, 15) is 5.11 Å². The second-order valence-electron chi connectivity index (χ2n) is 23.2. The summed E-state index contributed by atoms with van der Waals surface area (Å²) in [7, 11) is 0. The van der Waals surface area contributed by atoms with Crippen LogP contribution in [-0.4, -0.2) is 51.4 Å². The Labute approximate surface area is 375 Å². The molecule has 2 aliphatic heterocycles. The molecule has 3 N–H and O–H groups in total. The van der Waals surface area contributed by atoms with E-state index in [0.29, 0.717) is 19.3 Å². The molecule has 0 spiro atoms. The maximum Gasteiger partial charge on any atom is 0.324 e. The minimum absolute atomic E-state index is 0.0285. The Bertz CT molecular complexity index is 1480. The molecule has 8 unspecified atom stereocenters. The number of hydrogen-bond acceptors (Lipinski definition) is 7.